The number of hydrogen-bond donors (Lipinski definition) is 0. The average Bonchev–Trinajstić information content (AvgIpc) is 2.81. The summed E-state index contributed by atoms with van der Waals surface area (Å²) in [6, 6.07) is 0. The number of carbonyl (C=O) groups excluding carboxylic acids is 1. The predicted molar refractivity (Wildman–Crippen MR) is 73.8 cm³/mol. The van der Waals surface area contributed by atoms with E-state index in [0.717, 1.165) is 0 Å². The monoisotopic (exact) mass is 303 g/mol. The van der Waals surface area contributed by atoms with Crippen LogP contribution in [0.3, 0.4) is 0 Å². The summed E-state index contributed by atoms with van der Waals surface area (Å²) in [7, 11) is 4.79. The van der Waals surface area contributed by atoms with E-state index in [1.165, 1.54) is 12.0 Å². The largest absolute Gasteiger partial charge is 0.441 e. The fourth-order valence-electron chi connectivity index (χ4n) is 2.78. The number of carbonyl (C=O) groups is 1. The SMILES string of the molecule is CC[C@H]1O[C@@](C)(OC)[C@](C)(OC)O[C@@H]1C1CN(C)C(=O)O1. The maximum atomic E-state index is 11.6. The molecule has 7 nitrogen and oxygen atoms in total. The van der Waals surface area contributed by atoms with Crippen molar-refractivity contribution >= 4 is 6.09 Å². The zero-order valence-corrected chi connectivity index (χ0v) is 13.5. The molecule has 0 saturated carbocycles. The Morgan fingerprint density at radius 1 is 1.24 bits per heavy atom. The Morgan fingerprint density at radius 3 is 2.24 bits per heavy atom. The number of rotatable bonds is 4. The van der Waals surface area contributed by atoms with Gasteiger partial charge in [0, 0.05) is 21.3 Å². The number of hydrogen-bond acceptors (Lipinski definition) is 6. The molecule has 0 spiro atoms. The molecule has 1 unspecified atom stereocenters. The predicted octanol–water partition coefficient (Wildman–Crippen LogP) is 1.36. The van der Waals surface area contributed by atoms with Gasteiger partial charge in [0.25, 0.3) is 0 Å². The zero-order chi connectivity index (χ0) is 15.8. The first-order valence-electron chi connectivity index (χ1n) is 7.18. The summed E-state index contributed by atoms with van der Waals surface area (Å²) in [6.45, 7) is 6.00. The lowest BCUT2D eigenvalue weighted by molar-refractivity contribution is -0.453. The molecular formula is C14H25NO6. The number of cyclic esters (lactones) is 1. The Bertz CT molecular complexity index is 405. The van der Waals surface area contributed by atoms with Gasteiger partial charge in [0.15, 0.2) is 0 Å². The van der Waals surface area contributed by atoms with Crippen LogP contribution in [0.5, 0.6) is 0 Å². The molecule has 5 atom stereocenters. The third kappa shape index (κ3) is 2.63. The van der Waals surface area contributed by atoms with Crippen LogP contribution >= 0.6 is 0 Å². The maximum absolute atomic E-state index is 11.6. The fraction of sp³-hybridized carbons (Fsp3) is 0.929. The molecule has 1 amide bonds. The average molecular weight is 303 g/mol. The molecule has 0 aromatic rings. The highest BCUT2D eigenvalue weighted by molar-refractivity contribution is 5.69. The zero-order valence-electron chi connectivity index (χ0n) is 13.5. The number of methoxy groups -OCH3 is 2. The third-order valence-corrected chi connectivity index (χ3v) is 4.49. The Morgan fingerprint density at radius 2 is 1.81 bits per heavy atom. The van der Waals surface area contributed by atoms with Crippen LogP contribution in [0.15, 0.2) is 0 Å². The Labute approximate surface area is 125 Å². The minimum atomic E-state index is -1.09. The summed E-state index contributed by atoms with van der Waals surface area (Å²) < 4.78 is 28.6. The van der Waals surface area contributed by atoms with Crippen LogP contribution in [0.2, 0.25) is 0 Å². The summed E-state index contributed by atoms with van der Waals surface area (Å²) in [4.78, 5) is 13.1. The molecule has 0 radical (unpaired) electrons. The van der Waals surface area contributed by atoms with Gasteiger partial charge in [0.05, 0.1) is 12.6 Å². The van der Waals surface area contributed by atoms with E-state index in [1.807, 2.05) is 6.92 Å². The van der Waals surface area contributed by atoms with Crippen molar-refractivity contribution in [3.05, 3.63) is 0 Å². The Hall–Kier alpha value is -0.890. The van der Waals surface area contributed by atoms with Crippen molar-refractivity contribution in [2.45, 2.75) is 57.1 Å². The van der Waals surface area contributed by atoms with Gasteiger partial charge in [-0.05, 0) is 20.3 Å². The molecule has 0 aliphatic carbocycles. The van der Waals surface area contributed by atoms with Crippen molar-refractivity contribution in [2.24, 2.45) is 0 Å². The van der Waals surface area contributed by atoms with E-state index in [4.69, 9.17) is 23.7 Å². The fourth-order valence-corrected chi connectivity index (χ4v) is 2.78. The van der Waals surface area contributed by atoms with Gasteiger partial charge < -0.3 is 28.6 Å². The van der Waals surface area contributed by atoms with Crippen molar-refractivity contribution in [2.75, 3.05) is 27.8 Å². The number of nitrogens with zero attached hydrogens (tertiary/aromatic N) is 1. The van der Waals surface area contributed by atoms with E-state index in [0.29, 0.717) is 13.0 Å². The first-order valence-corrected chi connectivity index (χ1v) is 7.18. The summed E-state index contributed by atoms with van der Waals surface area (Å²) >= 11 is 0. The molecule has 2 aliphatic rings. The lowest BCUT2D eigenvalue weighted by Gasteiger charge is -2.52. The molecule has 0 aromatic heterocycles. The van der Waals surface area contributed by atoms with Gasteiger partial charge in [0.2, 0.25) is 11.6 Å². The molecule has 122 valence electrons. The van der Waals surface area contributed by atoms with Crippen LogP contribution in [-0.2, 0) is 23.7 Å². The smallest absolute Gasteiger partial charge is 0.410 e. The van der Waals surface area contributed by atoms with Crippen molar-refractivity contribution in [1.29, 1.82) is 0 Å². The van der Waals surface area contributed by atoms with Crippen molar-refractivity contribution in [1.82, 2.24) is 4.90 Å². The van der Waals surface area contributed by atoms with E-state index in [1.54, 1.807) is 28.0 Å². The van der Waals surface area contributed by atoms with Gasteiger partial charge in [-0.2, -0.15) is 0 Å². The van der Waals surface area contributed by atoms with Gasteiger partial charge in [-0.15, -0.1) is 0 Å². The van der Waals surface area contributed by atoms with Crippen molar-refractivity contribution in [3.63, 3.8) is 0 Å². The van der Waals surface area contributed by atoms with E-state index < -0.39 is 17.7 Å². The summed E-state index contributed by atoms with van der Waals surface area (Å²) in [5.74, 6) is -2.13. The highest BCUT2D eigenvalue weighted by Crippen LogP contribution is 2.41. The van der Waals surface area contributed by atoms with Crippen molar-refractivity contribution in [3.8, 4) is 0 Å². The summed E-state index contributed by atoms with van der Waals surface area (Å²) in [6.07, 6.45) is -0.679. The van der Waals surface area contributed by atoms with Crippen LogP contribution < -0.4 is 0 Å². The van der Waals surface area contributed by atoms with Crippen LogP contribution in [0, 0.1) is 0 Å². The van der Waals surface area contributed by atoms with Crippen LogP contribution in [0.1, 0.15) is 27.2 Å². The van der Waals surface area contributed by atoms with Gasteiger partial charge in [-0.1, -0.05) is 6.92 Å². The van der Waals surface area contributed by atoms with E-state index in [-0.39, 0.29) is 18.3 Å². The van der Waals surface area contributed by atoms with Gasteiger partial charge in [-0.25, -0.2) is 4.79 Å². The Balaban J connectivity index is 2.24. The van der Waals surface area contributed by atoms with Gasteiger partial charge >= 0.3 is 6.09 Å². The number of amides is 1. The molecule has 0 aromatic carbocycles. The normalized spacial score (nSPS) is 44.0. The van der Waals surface area contributed by atoms with E-state index in [2.05, 4.69) is 0 Å². The van der Waals surface area contributed by atoms with Crippen LogP contribution in [-0.4, -0.2) is 68.7 Å². The minimum Gasteiger partial charge on any atom is -0.441 e. The highest BCUT2D eigenvalue weighted by atomic mass is 16.8. The first-order chi connectivity index (χ1) is 9.80. The molecule has 2 heterocycles. The first kappa shape index (κ1) is 16.5. The second kappa shape index (κ2) is 5.72. The quantitative estimate of drug-likeness (QED) is 0.781. The van der Waals surface area contributed by atoms with E-state index >= 15 is 0 Å². The summed E-state index contributed by atoms with van der Waals surface area (Å²) in [5.41, 5.74) is 0. The molecule has 7 heteroatoms. The summed E-state index contributed by atoms with van der Waals surface area (Å²) in [5, 5.41) is 0. The number of likely N-dealkylation sites (N-methyl/N-ethyl adjacent to an activating group) is 1. The molecule has 21 heavy (non-hydrogen) atoms. The lowest BCUT2D eigenvalue weighted by Crippen LogP contribution is -2.67. The van der Waals surface area contributed by atoms with Crippen LogP contribution in [0.25, 0.3) is 0 Å². The van der Waals surface area contributed by atoms with E-state index in [9.17, 15) is 4.79 Å². The molecule has 2 fully saturated rings. The lowest BCUT2D eigenvalue weighted by atomic mass is 9.98. The van der Waals surface area contributed by atoms with Crippen LogP contribution in [0.4, 0.5) is 4.79 Å². The number of ether oxygens (including phenoxy) is 5. The third-order valence-electron chi connectivity index (χ3n) is 4.49. The van der Waals surface area contributed by atoms with Gasteiger partial charge in [-0.3, -0.25) is 0 Å². The molecule has 2 saturated heterocycles. The van der Waals surface area contributed by atoms with Crippen molar-refractivity contribution < 1.29 is 28.5 Å². The second-order valence-electron chi connectivity index (χ2n) is 5.75. The molecule has 2 aliphatic heterocycles. The second-order valence-corrected chi connectivity index (χ2v) is 5.75. The standard InChI is InChI=1S/C14H25NO6/c1-7-9-11(10-8-15(4)12(16)19-10)21-14(3,18-6)13(2,17-5)20-9/h9-11H,7-8H2,1-6H3/t9-,10?,11+,13-,14-/m1/s1. The van der Waals surface area contributed by atoms with Gasteiger partial charge in [0.1, 0.15) is 12.2 Å². The molecular weight excluding hydrogens is 278 g/mol. The molecule has 2 rings (SSSR count). The molecule has 0 N–H and O–H groups in total. The molecule has 0 bridgehead atoms. The maximum Gasteiger partial charge on any atom is 0.410 e. The minimum absolute atomic E-state index is 0.248. The Kier molecular flexibility index (Phi) is 4.49. The topological polar surface area (TPSA) is 66.5 Å². The highest BCUT2D eigenvalue weighted by Gasteiger charge is 2.58.